The summed E-state index contributed by atoms with van der Waals surface area (Å²) >= 11 is 1.78. The molecule has 0 unspecified atom stereocenters. The Labute approximate surface area is 92.4 Å². The molecule has 82 valence electrons. The molecule has 0 atom stereocenters. The fraction of sp³-hybridized carbons (Fsp3) is 0.444. The highest BCUT2D eigenvalue weighted by molar-refractivity contribution is 7.98. The summed E-state index contributed by atoms with van der Waals surface area (Å²) < 4.78 is 0. The van der Waals surface area contributed by atoms with Gasteiger partial charge in [-0.05, 0) is 18.4 Å². The minimum absolute atomic E-state index is 0.0670. The highest BCUT2D eigenvalue weighted by Crippen LogP contribution is 2.13. The molecule has 5 nitrogen and oxygen atoms in total. The number of pyridine rings is 1. The van der Waals surface area contributed by atoms with E-state index in [1.807, 2.05) is 6.26 Å². The minimum Gasteiger partial charge on any atom is -0.370 e. The average Bonchev–Trinajstić information content (AvgIpc) is 2.25. The van der Waals surface area contributed by atoms with Gasteiger partial charge in [0.2, 0.25) is 0 Å². The summed E-state index contributed by atoms with van der Waals surface area (Å²) in [4.78, 5) is 14.1. The number of rotatable bonds is 6. The SMILES string of the molecule is CSCCCNc1cc([N+](=O)[O-])ccn1. The van der Waals surface area contributed by atoms with E-state index in [-0.39, 0.29) is 5.69 Å². The van der Waals surface area contributed by atoms with Crippen LogP contribution in [0.3, 0.4) is 0 Å². The van der Waals surface area contributed by atoms with Gasteiger partial charge in [-0.25, -0.2) is 4.98 Å². The van der Waals surface area contributed by atoms with Gasteiger partial charge in [0.05, 0.1) is 11.0 Å². The molecule has 0 saturated carbocycles. The van der Waals surface area contributed by atoms with Crippen LogP contribution < -0.4 is 5.32 Å². The average molecular weight is 227 g/mol. The molecule has 0 spiro atoms. The first kappa shape index (κ1) is 11.8. The first-order valence-corrected chi connectivity index (χ1v) is 5.96. The molecule has 0 aliphatic rings. The van der Waals surface area contributed by atoms with Gasteiger partial charge in [-0.2, -0.15) is 11.8 Å². The molecule has 15 heavy (non-hydrogen) atoms. The third kappa shape index (κ3) is 4.16. The van der Waals surface area contributed by atoms with E-state index in [1.165, 1.54) is 18.3 Å². The lowest BCUT2D eigenvalue weighted by molar-refractivity contribution is -0.384. The highest BCUT2D eigenvalue weighted by Gasteiger charge is 2.05. The summed E-state index contributed by atoms with van der Waals surface area (Å²) in [5.41, 5.74) is 0.0670. The molecule has 0 aliphatic carbocycles. The van der Waals surface area contributed by atoms with E-state index in [2.05, 4.69) is 10.3 Å². The maximum atomic E-state index is 10.5. The maximum Gasteiger partial charge on any atom is 0.274 e. The van der Waals surface area contributed by atoms with Gasteiger partial charge < -0.3 is 5.32 Å². The molecule has 1 aromatic heterocycles. The van der Waals surface area contributed by atoms with E-state index in [1.54, 1.807) is 11.8 Å². The van der Waals surface area contributed by atoms with Crippen molar-refractivity contribution in [3.63, 3.8) is 0 Å². The fourth-order valence-corrected chi connectivity index (χ4v) is 1.50. The van der Waals surface area contributed by atoms with Crippen molar-refractivity contribution in [2.24, 2.45) is 0 Å². The molecule has 0 amide bonds. The van der Waals surface area contributed by atoms with Crippen molar-refractivity contribution in [2.75, 3.05) is 23.9 Å². The second-order valence-electron chi connectivity index (χ2n) is 2.93. The fourth-order valence-electron chi connectivity index (χ4n) is 1.06. The smallest absolute Gasteiger partial charge is 0.274 e. The molecule has 1 N–H and O–H groups in total. The molecule has 0 radical (unpaired) electrons. The minimum atomic E-state index is -0.422. The Morgan fingerprint density at radius 3 is 3.13 bits per heavy atom. The molecule has 6 heteroatoms. The lowest BCUT2D eigenvalue weighted by atomic mass is 10.4. The molecule has 0 fully saturated rings. The Morgan fingerprint density at radius 2 is 2.47 bits per heavy atom. The van der Waals surface area contributed by atoms with Crippen LogP contribution in [0, 0.1) is 10.1 Å². The highest BCUT2D eigenvalue weighted by atomic mass is 32.2. The van der Waals surface area contributed by atoms with Crippen molar-refractivity contribution in [1.29, 1.82) is 0 Å². The monoisotopic (exact) mass is 227 g/mol. The molecule has 0 aromatic carbocycles. The summed E-state index contributed by atoms with van der Waals surface area (Å²) in [6.07, 6.45) is 4.51. The third-order valence-corrected chi connectivity index (χ3v) is 2.48. The number of thioether (sulfide) groups is 1. The first-order chi connectivity index (χ1) is 7.24. The van der Waals surface area contributed by atoms with Gasteiger partial charge in [0.25, 0.3) is 5.69 Å². The summed E-state index contributed by atoms with van der Waals surface area (Å²) in [7, 11) is 0. The maximum absolute atomic E-state index is 10.5. The predicted octanol–water partition coefficient (Wildman–Crippen LogP) is 2.15. The van der Waals surface area contributed by atoms with Crippen LogP contribution in [0.5, 0.6) is 0 Å². The van der Waals surface area contributed by atoms with Crippen molar-refractivity contribution in [2.45, 2.75) is 6.42 Å². The van der Waals surface area contributed by atoms with Crippen LogP contribution in [0.1, 0.15) is 6.42 Å². The van der Waals surface area contributed by atoms with Crippen molar-refractivity contribution >= 4 is 23.3 Å². The molecule has 1 heterocycles. The Hall–Kier alpha value is -1.30. The van der Waals surface area contributed by atoms with Gasteiger partial charge >= 0.3 is 0 Å². The van der Waals surface area contributed by atoms with Crippen LogP contribution in [-0.2, 0) is 0 Å². The van der Waals surface area contributed by atoms with Gasteiger partial charge in [0.15, 0.2) is 0 Å². The third-order valence-electron chi connectivity index (χ3n) is 1.79. The summed E-state index contributed by atoms with van der Waals surface area (Å²) in [5, 5.41) is 13.5. The van der Waals surface area contributed by atoms with Crippen LogP contribution >= 0.6 is 11.8 Å². The Morgan fingerprint density at radius 1 is 1.67 bits per heavy atom. The summed E-state index contributed by atoms with van der Waals surface area (Å²) in [6, 6.07) is 2.83. The van der Waals surface area contributed by atoms with Crippen LogP contribution in [0.2, 0.25) is 0 Å². The predicted molar refractivity (Wildman–Crippen MR) is 62.4 cm³/mol. The van der Waals surface area contributed by atoms with E-state index in [0.29, 0.717) is 5.82 Å². The number of nitrogens with zero attached hydrogens (tertiary/aromatic N) is 2. The van der Waals surface area contributed by atoms with E-state index < -0.39 is 4.92 Å². The van der Waals surface area contributed by atoms with E-state index in [0.717, 1.165) is 18.7 Å². The Bertz CT molecular complexity index is 333. The van der Waals surface area contributed by atoms with Gasteiger partial charge in [-0.15, -0.1) is 0 Å². The molecule has 1 rings (SSSR count). The zero-order valence-electron chi connectivity index (χ0n) is 8.47. The number of aromatic nitrogens is 1. The lowest BCUT2D eigenvalue weighted by Crippen LogP contribution is -2.04. The molecule has 0 saturated heterocycles. The van der Waals surface area contributed by atoms with Gasteiger partial charge in [0, 0.05) is 18.8 Å². The van der Waals surface area contributed by atoms with E-state index >= 15 is 0 Å². The normalized spacial score (nSPS) is 9.93. The second kappa shape index (κ2) is 6.23. The molecular formula is C9H13N3O2S. The number of nitrogens with one attached hydrogen (secondary N) is 1. The lowest BCUT2D eigenvalue weighted by Gasteiger charge is -2.03. The second-order valence-corrected chi connectivity index (χ2v) is 3.92. The number of hydrogen-bond donors (Lipinski definition) is 1. The molecule has 0 aliphatic heterocycles. The van der Waals surface area contributed by atoms with Crippen molar-refractivity contribution in [1.82, 2.24) is 4.98 Å². The summed E-state index contributed by atoms with van der Waals surface area (Å²) in [5.74, 6) is 1.63. The standard InChI is InChI=1S/C9H13N3O2S/c1-15-6-2-4-10-9-7-8(12(13)14)3-5-11-9/h3,5,7H,2,4,6H2,1H3,(H,10,11). The topological polar surface area (TPSA) is 68.1 Å². The first-order valence-electron chi connectivity index (χ1n) is 4.57. The molecular weight excluding hydrogens is 214 g/mol. The van der Waals surface area contributed by atoms with Gasteiger partial charge in [-0.3, -0.25) is 10.1 Å². The zero-order chi connectivity index (χ0) is 11.1. The van der Waals surface area contributed by atoms with Crippen LogP contribution in [0.25, 0.3) is 0 Å². The summed E-state index contributed by atoms with van der Waals surface area (Å²) in [6.45, 7) is 0.787. The molecule has 0 bridgehead atoms. The Kier molecular flexibility index (Phi) is 4.89. The molecule has 1 aromatic rings. The number of hydrogen-bond acceptors (Lipinski definition) is 5. The largest absolute Gasteiger partial charge is 0.370 e. The van der Waals surface area contributed by atoms with Gasteiger partial charge in [0.1, 0.15) is 5.82 Å². The van der Waals surface area contributed by atoms with Crippen LogP contribution in [-0.4, -0.2) is 28.5 Å². The zero-order valence-corrected chi connectivity index (χ0v) is 9.29. The quantitative estimate of drug-likeness (QED) is 0.458. The van der Waals surface area contributed by atoms with Crippen molar-refractivity contribution < 1.29 is 4.92 Å². The van der Waals surface area contributed by atoms with E-state index in [9.17, 15) is 10.1 Å². The van der Waals surface area contributed by atoms with Crippen LogP contribution in [0.15, 0.2) is 18.3 Å². The van der Waals surface area contributed by atoms with E-state index in [4.69, 9.17) is 0 Å². The van der Waals surface area contributed by atoms with Crippen LogP contribution in [0.4, 0.5) is 11.5 Å². The number of anilines is 1. The number of nitro groups is 1. The van der Waals surface area contributed by atoms with Crippen molar-refractivity contribution in [3.8, 4) is 0 Å². The van der Waals surface area contributed by atoms with Gasteiger partial charge in [-0.1, -0.05) is 0 Å². The Balaban J connectivity index is 2.47. The van der Waals surface area contributed by atoms with Crippen molar-refractivity contribution in [3.05, 3.63) is 28.4 Å².